The first kappa shape index (κ1) is 13.3. The summed E-state index contributed by atoms with van der Waals surface area (Å²) in [5.74, 6) is 1.31. The first-order chi connectivity index (χ1) is 10.2. The average molecular weight is 288 g/mol. The van der Waals surface area contributed by atoms with Crippen LogP contribution in [0.15, 0.2) is 30.6 Å². The number of aromatic nitrogens is 2. The van der Waals surface area contributed by atoms with Crippen molar-refractivity contribution in [3.05, 3.63) is 30.6 Å². The van der Waals surface area contributed by atoms with E-state index in [9.17, 15) is 4.79 Å². The zero-order valence-corrected chi connectivity index (χ0v) is 11.6. The number of rotatable bonds is 4. The SMILES string of the molecule is CCCn1cc(NC(=O)Nc2ccc3c(c2)OCO3)cn1. The number of fused-ring (bicyclic) bond motifs is 1. The molecule has 2 amide bonds. The summed E-state index contributed by atoms with van der Waals surface area (Å²) in [6, 6.07) is 4.91. The van der Waals surface area contributed by atoms with Gasteiger partial charge in [-0.05, 0) is 18.6 Å². The maximum Gasteiger partial charge on any atom is 0.323 e. The van der Waals surface area contributed by atoms with Crippen molar-refractivity contribution in [2.45, 2.75) is 19.9 Å². The molecule has 0 saturated carbocycles. The Balaban J connectivity index is 1.60. The molecule has 0 radical (unpaired) electrons. The van der Waals surface area contributed by atoms with Gasteiger partial charge in [-0.2, -0.15) is 5.10 Å². The van der Waals surface area contributed by atoms with Gasteiger partial charge in [0.15, 0.2) is 11.5 Å². The Morgan fingerprint density at radius 3 is 2.95 bits per heavy atom. The summed E-state index contributed by atoms with van der Waals surface area (Å²) in [4.78, 5) is 11.9. The molecule has 7 heteroatoms. The van der Waals surface area contributed by atoms with Crippen molar-refractivity contribution < 1.29 is 14.3 Å². The van der Waals surface area contributed by atoms with E-state index in [2.05, 4.69) is 22.7 Å². The van der Waals surface area contributed by atoms with Crippen LogP contribution in [-0.4, -0.2) is 22.6 Å². The molecule has 1 aliphatic heterocycles. The Labute approximate surface area is 121 Å². The molecule has 0 spiro atoms. The topological polar surface area (TPSA) is 77.4 Å². The third-order valence-electron chi connectivity index (χ3n) is 2.97. The van der Waals surface area contributed by atoms with Gasteiger partial charge in [-0.3, -0.25) is 4.68 Å². The number of nitrogens with zero attached hydrogens (tertiary/aromatic N) is 2. The van der Waals surface area contributed by atoms with E-state index in [1.165, 1.54) is 0 Å². The fraction of sp³-hybridized carbons (Fsp3) is 0.286. The highest BCUT2D eigenvalue weighted by Gasteiger charge is 2.14. The molecule has 2 N–H and O–H groups in total. The van der Waals surface area contributed by atoms with Crippen molar-refractivity contribution in [1.82, 2.24) is 9.78 Å². The van der Waals surface area contributed by atoms with Crippen LogP contribution in [0.5, 0.6) is 11.5 Å². The number of amides is 2. The number of hydrogen-bond donors (Lipinski definition) is 2. The lowest BCUT2D eigenvalue weighted by molar-refractivity contribution is 0.174. The Morgan fingerprint density at radius 1 is 1.29 bits per heavy atom. The van der Waals surface area contributed by atoms with Gasteiger partial charge in [0.1, 0.15) is 0 Å². The first-order valence-corrected chi connectivity index (χ1v) is 6.74. The van der Waals surface area contributed by atoms with Gasteiger partial charge in [0.25, 0.3) is 0 Å². The largest absolute Gasteiger partial charge is 0.454 e. The minimum Gasteiger partial charge on any atom is -0.454 e. The van der Waals surface area contributed by atoms with Crippen LogP contribution in [0, 0.1) is 0 Å². The third-order valence-corrected chi connectivity index (χ3v) is 2.97. The molecule has 0 fully saturated rings. The molecule has 1 aliphatic rings. The van der Waals surface area contributed by atoms with Crippen LogP contribution in [0.3, 0.4) is 0 Å². The number of carbonyl (C=O) groups is 1. The molecule has 0 aliphatic carbocycles. The number of carbonyl (C=O) groups excluding carboxylic acids is 1. The van der Waals surface area contributed by atoms with Crippen molar-refractivity contribution in [2.75, 3.05) is 17.4 Å². The molecule has 0 atom stereocenters. The van der Waals surface area contributed by atoms with E-state index < -0.39 is 0 Å². The summed E-state index contributed by atoms with van der Waals surface area (Å²) in [6.07, 6.45) is 4.40. The lowest BCUT2D eigenvalue weighted by Gasteiger charge is -2.06. The number of ether oxygens (including phenoxy) is 2. The highest BCUT2D eigenvalue weighted by Crippen LogP contribution is 2.34. The second-order valence-electron chi connectivity index (χ2n) is 4.64. The van der Waals surface area contributed by atoms with Crippen LogP contribution >= 0.6 is 0 Å². The molecule has 3 rings (SSSR count). The summed E-state index contributed by atoms with van der Waals surface area (Å²) in [6.45, 7) is 3.11. The number of hydrogen-bond acceptors (Lipinski definition) is 4. The minimum absolute atomic E-state index is 0.210. The molecule has 2 aromatic rings. The normalized spacial score (nSPS) is 12.2. The van der Waals surface area contributed by atoms with E-state index in [-0.39, 0.29) is 12.8 Å². The van der Waals surface area contributed by atoms with Crippen LogP contribution < -0.4 is 20.1 Å². The van der Waals surface area contributed by atoms with Crippen molar-refractivity contribution >= 4 is 17.4 Å². The van der Waals surface area contributed by atoms with Crippen LogP contribution in [-0.2, 0) is 6.54 Å². The van der Waals surface area contributed by atoms with E-state index in [1.54, 1.807) is 35.3 Å². The molecule has 1 aromatic heterocycles. The molecular formula is C14H16N4O3. The standard InChI is InChI=1S/C14H16N4O3/c1-2-5-18-8-11(7-15-18)17-14(19)16-10-3-4-12-13(6-10)21-9-20-12/h3-4,6-8H,2,5,9H2,1H3,(H2,16,17,19). The van der Waals surface area contributed by atoms with Crippen molar-refractivity contribution in [2.24, 2.45) is 0 Å². The molecular weight excluding hydrogens is 272 g/mol. The number of anilines is 2. The number of aryl methyl sites for hydroxylation is 1. The summed E-state index contributed by atoms with van der Waals surface area (Å²) < 4.78 is 12.3. The molecule has 0 saturated heterocycles. The van der Waals surface area contributed by atoms with E-state index in [0.29, 0.717) is 22.9 Å². The van der Waals surface area contributed by atoms with Crippen molar-refractivity contribution in [3.8, 4) is 11.5 Å². The fourth-order valence-corrected chi connectivity index (χ4v) is 2.05. The summed E-state index contributed by atoms with van der Waals surface area (Å²) in [7, 11) is 0. The van der Waals surface area contributed by atoms with Gasteiger partial charge in [-0.25, -0.2) is 4.79 Å². The predicted octanol–water partition coefficient (Wildman–Crippen LogP) is 2.67. The van der Waals surface area contributed by atoms with E-state index >= 15 is 0 Å². The van der Waals surface area contributed by atoms with E-state index in [1.807, 2.05) is 0 Å². The van der Waals surface area contributed by atoms with Crippen LogP contribution in [0.25, 0.3) is 0 Å². The van der Waals surface area contributed by atoms with Crippen molar-refractivity contribution in [1.29, 1.82) is 0 Å². The predicted molar refractivity (Wildman–Crippen MR) is 77.7 cm³/mol. The van der Waals surface area contributed by atoms with Gasteiger partial charge in [-0.15, -0.1) is 0 Å². The maximum atomic E-state index is 11.9. The summed E-state index contributed by atoms with van der Waals surface area (Å²) in [5.41, 5.74) is 1.29. The lowest BCUT2D eigenvalue weighted by atomic mass is 10.3. The Bertz CT molecular complexity index is 653. The van der Waals surface area contributed by atoms with Gasteiger partial charge < -0.3 is 20.1 Å². The molecule has 2 heterocycles. The minimum atomic E-state index is -0.329. The van der Waals surface area contributed by atoms with Crippen LogP contribution in [0.1, 0.15) is 13.3 Å². The quantitative estimate of drug-likeness (QED) is 0.906. The van der Waals surface area contributed by atoms with Gasteiger partial charge in [0.05, 0.1) is 11.9 Å². The Kier molecular flexibility index (Phi) is 3.63. The molecule has 0 bridgehead atoms. The fourth-order valence-electron chi connectivity index (χ4n) is 2.05. The average Bonchev–Trinajstić information content (AvgIpc) is 3.08. The highest BCUT2D eigenvalue weighted by molar-refractivity contribution is 5.99. The number of nitrogens with one attached hydrogen (secondary N) is 2. The van der Waals surface area contributed by atoms with Crippen LogP contribution in [0.2, 0.25) is 0 Å². The van der Waals surface area contributed by atoms with Gasteiger partial charge >= 0.3 is 6.03 Å². The second-order valence-corrected chi connectivity index (χ2v) is 4.64. The summed E-state index contributed by atoms with van der Waals surface area (Å²) >= 11 is 0. The van der Waals surface area contributed by atoms with Crippen molar-refractivity contribution in [3.63, 3.8) is 0 Å². The highest BCUT2D eigenvalue weighted by atomic mass is 16.7. The zero-order chi connectivity index (χ0) is 14.7. The first-order valence-electron chi connectivity index (χ1n) is 6.74. The second kappa shape index (κ2) is 5.74. The summed E-state index contributed by atoms with van der Waals surface area (Å²) in [5, 5.41) is 9.62. The van der Waals surface area contributed by atoms with Crippen LogP contribution in [0.4, 0.5) is 16.2 Å². The third kappa shape index (κ3) is 3.07. The Hall–Kier alpha value is -2.70. The van der Waals surface area contributed by atoms with Gasteiger partial charge in [0, 0.05) is 24.5 Å². The van der Waals surface area contributed by atoms with Gasteiger partial charge in [-0.1, -0.05) is 6.92 Å². The molecule has 110 valence electrons. The number of urea groups is 1. The molecule has 21 heavy (non-hydrogen) atoms. The lowest BCUT2D eigenvalue weighted by Crippen LogP contribution is -2.19. The molecule has 0 unspecified atom stereocenters. The van der Waals surface area contributed by atoms with E-state index in [0.717, 1.165) is 13.0 Å². The monoisotopic (exact) mass is 288 g/mol. The Morgan fingerprint density at radius 2 is 2.10 bits per heavy atom. The zero-order valence-electron chi connectivity index (χ0n) is 11.6. The maximum absolute atomic E-state index is 11.9. The molecule has 1 aromatic carbocycles. The number of benzene rings is 1. The molecule has 7 nitrogen and oxygen atoms in total. The smallest absolute Gasteiger partial charge is 0.323 e. The van der Waals surface area contributed by atoms with E-state index in [4.69, 9.17) is 9.47 Å². The van der Waals surface area contributed by atoms with Gasteiger partial charge in [0.2, 0.25) is 6.79 Å².